The molecule has 1 aromatic heterocycles. The van der Waals surface area contributed by atoms with Gasteiger partial charge in [-0.05, 0) is 56.0 Å². The van der Waals surface area contributed by atoms with Crippen molar-refractivity contribution in [2.24, 2.45) is 0 Å². The number of benzene rings is 2. The molecule has 2 aliphatic rings. The van der Waals surface area contributed by atoms with Crippen molar-refractivity contribution < 1.29 is 13.2 Å². The van der Waals surface area contributed by atoms with Gasteiger partial charge in [0.15, 0.2) is 5.16 Å². The monoisotopic (exact) mass is 512 g/mol. The van der Waals surface area contributed by atoms with Crippen LogP contribution in [0.25, 0.3) is 10.9 Å². The highest BCUT2D eigenvalue weighted by molar-refractivity contribution is 7.99. The number of carbonyl (C=O) groups excluding carboxylic acids is 1. The fourth-order valence-corrected chi connectivity index (χ4v) is 7.28. The second-order valence-corrected chi connectivity index (χ2v) is 11.9. The van der Waals surface area contributed by atoms with E-state index in [0.29, 0.717) is 34.8 Å². The average molecular weight is 513 g/mol. The topological polar surface area (TPSA) is 101 Å². The average Bonchev–Trinajstić information content (AvgIpc) is 3.58. The van der Waals surface area contributed by atoms with E-state index in [1.165, 1.54) is 22.1 Å². The van der Waals surface area contributed by atoms with E-state index in [4.69, 9.17) is 4.98 Å². The van der Waals surface area contributed by atoms with Gasteiger partial charge < -0.3 is 5.32 Å². The van der Waals surface area contributed by atoms with Gasteiger partial charge in [0.05, 0.1) is 21.6 Å². The van der Waals surface area contributed by atoms with Crippen molar-refractivity contribution in [3.05, 3.63) is 58.9 Å². The molecule has 2 aromatic carbocycles. The van der Waals surface area contributed by atoms with E-state index in [2.05, 4.69) is 5.32 Å². The molecule has 1 aliphatic heterocycles. The summed E-state index contributed by atoms with van der Waals surface area (Å²) in [5, 5.41) is 3.93. The van der Waals surface area contributed by atoms with Gasteiger partial charge >= 0.3 is 0 Å². The predicted molar refractivity (Wildman–Crippen MR) is 137 cm³/mol. The molecule has 1 amide bonds. The Hall–Kier alpha value is -2.69. The number of thioether (sulfide) groups is 1. The summed E-state index contributed by atoms with van der Waals surface area (Å²) in [5.74, 6) is -0.230. The van der Waals surface area contributed by atoms with E-state index in [1.54, 1.807) is 28.8 Å². The molecule has 8 nitrogen and oxygen atoms in total. The molecule has 2 fully saturated rings. The first kappa shape index (κ1) is 24.0. The maximum Gasteiger partial charge on any atom is 0.262 e. The first-order valence-electron chi connectivity index (χ1n) is 12.0. The normalized spacial score (nSPS) is 17.3. The van der Waals surface area contributed by atoms with Gasteiger partial charge in [-0.15, -0.1) is 0 Å². The Morgan fingerprint density at radius 2 is 1.77 bits per heavy atom. The molecule has 3 aromatic rings. The molecule has 1 aliphatic carbocycles. The molecule has 0 spiro atoms. The maximum atomic E-state index is 13.3. The summed E-state index contributed by atoms with van der Waals surface area (Å²) in [6.07, 6.45) is 5.73. The van der Waals surface area contributed by atoms with Crippen molar-refractivity contribution >= 4 is 44.3 Å². The van der Waals surface area contributed by atoms with Crippen LogP contribution < -0.4 is 10.9 Å². The number of carbonyl (C=O) groups is 1. The van der Waals surface area contributed by atoms with Crippen LogP contribution in [-0.4, -0.2) is 47.0 Å². The van der Waals surface area contributed by atoms with Gasteiger partial charge in [0.1, 0.15) is 0 Å². The van der Waals surface area contributed by atoms with Crippen LogP contribution in [0.3, 0.4) is 0 Å². The lowest BCUT2D eigenvalue weighted by Gasteiger charge is -2.18. The fraction of sp³-hybridized carbons (Fsp3) is 0.400. The highest BCUT2D eigenvalue weighted by atomic mass is 32.2. The van der Waals surface area contributed by atoms with Gasteiger partial charge in [-0.25, -0.2) is 13.4 Å². The molecule has 0 radical (unpaired) electrons. The summed E-state index contributed by atoms with van der Waals surface area (Å²) in [5.41, 5.74) is 0.982. The van der Waals surface area contributed by atoms with Crippen molar-refractivity contribution in [2.45, 2.75) is 54.6 Å². The Morgan fingerprint density at radius 3 is 2.54 bits per heavy atom. The maximum absolute atomic E-state index is 13.3. The zero-order valence-electron chi connectivity index (χ0n) is 19.4. The van der Waals surface area contributed by atoms with Crippen LogP contribution in [0.1, 0.15) is 44.6 Å². The van der Waals surface area contributed by atoms with Crippen molar-refractivity contribution in [3.8, 4) is 0 Å². The molecular formula is C25H28N4O4S2. The second-order valence-electron chi connectivity index (χ2n) is 9.00. The number of hydrogen-bond acceptors (Lipinski definition) is 6. The number of rotatable bonds is 7. The molecule has 10 heteroatoms. The Kier molecular flexibility index (Phi) is 6.95. The summed E-state index contributed by atoms with van der Waals surface area (Å²) in [6, 6.07) is 13.7. The summed E-state index contributed by atoms with van der Waals surface area (Å²) < 4.78 is 29.0. The van der Waals surface area contributed by atoms with Gasteiger partial charge in [-0.1, -0.05) is 42.8 Å². The zero-order chi connectivity index (χ0) is 24.4. The summed E-state index contributed by atoms with van der Waals surface area (Å²) in [4.78, 5) is 30.9. The minimum absolute atomic E-state index is 0.0562. The van der Waals surface area contributed by atoms with E-state index in [-0.39, 0.29) is 28.2 Å². The number of amides is 1. The van der Waals surface area contributed by atoms with Crippen LogP contribution in [0.4, 0.5) is 5.69 Å². The summed E-state index contributed by atoms with van der Waals surface area (Å²) >= 11 is 1.23. The predicted octanol–water partition coefficient (Wildman–Crippen LogP) is 4.03. The van der Waals surface area contributed by atoms with Gasteiger partial charge in [0.25, 0.3) is 5.56 Å². The number of nitrogens with one attached hydrogen (secondary N) is 1. The van der Waals surface area contributed by atoms with E-state index in [9.17, 15) is 18.0 Å². The van der Waals surface area contributed by atoms with E-state index >= 15 is 0 Å². The first-order chi connectivity index (χ1) is 16.9. The number of fused-ring (bicyclic) bond motifs is 1. The third kappa shape index (κ3) is 5.00. The summed E-state index contributed by atoms with van der Waals surface area (Å²) in [6.45, 7) is 1.05. The van der Waals surface area contributed by atoms with E-state index < -0.39 is 10.0 Å². The van der Waals surface area contributed by atoms with Gasteiger partial charge in [-0.2, -0.15) is 4.31 Å². The minimum atomic E-state index is -3.56. The number of aromatic nitrogens is 2. The van der Waals surface area contributed by atoms with Gasteiger partial charge in [0, 0.05) is 24.8 Å². The van der Waals surface area contributed by atoms with E-state index in [1.807, 2.05) is 18.2 Å². The molecule has 0 bridgehead atoms. The van der Waals surface area contributed by atoms with Crippen LogP contribution in [0, 0.1) is 0 Å². The number of para-hydroxylation sites is 1. The van der Waals surface area contributed by atoms with Crippen molar-refractivity contribution in [2.75, 3.05) is 24.2 Å². The quantitative estimate of drug-likeness (QED) is 0.379. The van der Waals surface area contributed by atoms with Gasteiger partial charge in [-0.3, -0.25) is 14.2 Å². The third-order valence-electron chi connectivity index (χ3n) is 6.62. The molecule has 184 valence electrons. The van der Waals surface area contributed by atoms with Crippen LogP contribution in [0.15, 0.2) is 63.4 Å². The number of anilines is 1. The molecule has 2 heterocycles. The Bertz CT molecular complexity index is 1410. The SMILES string of the molecule is O=C(CSc1nc2ccccc2c(=O)n1C1CCCC1)Nc1cccc(S(=O)(=O)N2CCCC2)c1. The lowest BCUT2D eigenvalue weighted by atomic mass is 10.2. The van der Waals surface area contributed by atoms with Crippen molar-refractivity contribution in [3.63, 3.8) is 0 Å². The van der Waals surface area contributed by atoms with Crippen LogP contribution >= 0.6 is 11.8 Å². The molecule has 1 N–H and O–H groups in total. The van der Waals surface area contributed by atoms with Crippen LogP contribution in [0.2, 0.25) is 0 Å². The molecule has 5 rings (SSSR count). The summed E-state index contributed by atoms with van der Waals surface area (Å²) in [7, 11) is -3.56. The number of hydrogen-bond donors (Lipinski definition) is 1. The van der Waals surface area contributed by atoms with Crippen LogP contribution in [0.5, 0.6) is 0 Å². The molecule has 1 saturated carbocycles. The van der Waals surface area contributed by atoms with Crippen molar-refractivity contribution in [1.29, 1.82) is 0 Å². The molecule has 0 atom stereocenters. The Morgan fingerprint density at radius 1 is 1.03 bits per heavy atom. The zero-order valence-corrected chi connectivity index (χ0v) is 21.0. The highest BCUT2D eigenvalue weighted by Crippen LogP contribution is 2.32. The lowest BCUT2D eigenvalue weighted by molar-refractivity contribution is -0.113. The smallest absolute Gasteiger partial charge is 0.262 e. The van der Waals surface area contributed by atoms with E-state index in [0.717, 1.165) is 38.5 Å². The third-order valence-corrected chi connectivity index (χ3v) is 9.47. The number of nitrogens with zero attached hydrogens (tertiary/aromatic N) is 3. The molecule has 35 heavy (non-hydrogen) atoms. The highest BCUT2D eigenvalue weighted by Gasteiger charge is 2.27. The lowest BCUT2D eigenvalue weighted by Crippen LogP contribution is -2.28. The molecule has 0 unspecified atom stereocenters. The minimum Gasteiger partial charge on any atom is -0.325 e. The first-order valence-corrected chi connectivity index (χ1v) is 14.4. The number of sulfonamides is 1. The molecular weight excluding hydrogens is 484 g/mol. The fourth-order valence-electron chi connectivity index (χ4n) is 4.85. The standard InChI is InChI=1S/C25H28N4O4S2/c30-23(26-18-8-7-11-20(16-18)35(32,33)28-14-5-6-15-28)17-34-25-27-22-13-4-3-12-21(22)24(31)29(25)19-9-1-2-10-19/h3-4,7-8,11-13,16,19H,1-2,5-6,9-10,14-15,17H2,(H,26,30). The Labute approximate surface area is 208 Å². The van der Waals surface area contributed by atoms with Crippen molar-refractivity contribution in [1.82, 2.24) is 13.9 Å². The molecule has 1 saturated heterocycles. The second kappa shape index (κ2) is 10.1. The van der Waals surface area contributed by atoms with Crippen LogP contribution in [-0.2, 0) is 14.8 Å². The Balaban J connectivity index is 1.33. The largest absolute Gasteiger partial charge is 0.325 e. The van der Waals surface area contributed by atoms with Gasteiger partial charge in [0.2, 0.25) is 15.9 Å².